The zero-order chi connectivity index (χ0) is 20.0. The maximum atomic E-state index is 12.8. The second kappa shape index (κ2) is 9.07. The molecule has 1 aliphatic rings. The van der Waals surface area contributed by atoms with E-state index in [2.05, 4.69) is 10.6 Å². The van der Waals surface area contributed by atoms with Gasteiger partial charge >= 0.3 is 12.2 Å². The van der Waals surface area contributed by atoms with Crippen molar-refractivity contribution in [1.29, 1.82) is 0 Å². The van der Waals surface area contributed by atoms with Crippen molar-refractivity contribution in [2.45, 2.75) is 26.1 Å². The molecule has 0 aliphatic carbocycles. The summed E-state index contributed by atoms with van der Waals surface area (Å²) in [6.07, 6.45) is -4.42. The van der Waals surface area contributed by atoms with Crippen LogP contribution in [0.4, 0.5) is 18.0 Å². The number of alkyl halides is 3. The van der Waals surface area contributed by atoms with Crippen molar-refractivity contribution in [3.63, 3.8) is 0 Å². The second-order valence-electron chi connectivity index (χ2n) is 6.51. The standard InChI is InChI=1S/C18H25F3N4O2/c1-3-22-16(26)12-24-7-9-25(10-8-24)17(27)23-13(2)14-5-4-6-15(11-14)18(19,20)21/h4-6,11,13H,3,7-10,12H2,1-2H3,(H,22,26)(H,23,27). The maximum absolute atomic E-state index is 12.8. The molecule has 0 bridgehead atoms. The fraction of sp³-hybridized carbons (Fsp3) is 0.556. The highest BCUT2D eigenvalue weighted by atomic mass is 19.4. The first-order valence-corrected chi connectivity index (χ1v) is 8.92. The lowest BCUT2D eigenvalue weighted by molar-refractivity contribution is -0.137. The van der Waals surface area contributed by atoms with E-state index in [0.29, 0.717) is 44.8 Å². The minimum atomic E-state index is -4.42. The van der Waals surface area contributed by atoms with E-state index in [-0.39, 0.29) is 11.9 Å². The summed E-state index contributed by atoms with van der Waals surface area (Å²) in [6, 6.07) is 4.08. The molecule has 0 aromatic heterocycles. The Morgan fingerprint density at radius 1 is 1.19 bits per heavy atom. The Balaban J connectivity index is 1.86. The molecule has 2 N–H and O–H groups in total. The van der Waals surface area contributed by atoms with Crippen LogP contribution in [0, 0.1) is 0 Å². The molecule has 3 amide bonds. The summed E-state index contributed by atoms with van der Waals surface area (Å²) in [5.74, 6) is -0.0476. The van der Waals surface area contributed by atoms with Crippen LogP contribution in [0.1, 0.15) is 31.0 Å². The van der Waals surface area contributed by atoms with E-state index in [1.165, 1.54) is 6.07 Å². The minimum Gasteiger partial charge on any atom is -0.355 e. The predicted molar refractivity (Wildman–Crippen MR) is 95.1 cm³/mol. The van der Waals surface area contributed by atoms with Gasteiger partial charge in [-0.2, -0.15) is 13.2 Å². The number of benzene rings is 1. The number of nitrogens with one attached hydrogen (secondary N) is 2. The molecule has 1 unspecified atom stereocenters. The van der Waals surface area contributed by atoms with E-state index in [4.69, 9.17) is 0 Å². The number of carbonyl (C=O) groups excluding carboxylic acids is 2. The smallest absolute Gasteiger partial charge is 0.355 e. The maximum Gasteiger partial charge on any atom is 0.416 e. The lowest BCUT2D eigenvalue weighted by atomic mass is 10.1. The van der Waals surface area contributed by atoms with Gasteiger partial charge in [-0.1, -0.05) is 12.1 Å². The molecule has 6 nitrogen and oxygen atoms in total. The number of hydrogen-bond acceptors (Lipinski definition) is 3. The Kier molecular flexibility index (Phi) is 7.06. The molecule has 1 aliphatic heterocycles. The summed E-state index contributed by atoms with van der Waals surface area (Å²) < 4.78 is 38.5. The van der Waals surface area contributed by atoms with Gasteiger partial charge in [0.2, 0.25) is 5.91 Å². The lowest BCUT2D eigenvalue weighted by Gasteiger charge is -2.35. The number of nitrogens with zero attached hydrogens (tertiary/aromatic N) is 2. The van der Waals surface area contributed by atoms with Gasteiger partial charge in [-0.3, -0.25) is 9.69 Å². The van der Waals surface area contributed by atoms with E-state index in [1.54, 1.807) is 17.9 Å². The van der Waals surface area contributed by atoms with Crippen molar-refractivity contribution in [1.82, 2.24) is 20.4 Å². The fourth-order valence-corrected chi connectivity index (χ4v) is 2.91. The normalized spacial score (nSPS) is 16.7. The molecular weight excluding hydrogens is 361 g/mol. The number of halogens is 3. The molecular formula is C18H25F3N4O2. The molecule has 0 saturated carbocycles. The van der Waals surface area contributed by atoms with E-state index in [0.717, 1.165) is 12.1 Å². The van der Waals surface area contributed by atoms with Gasteiger partial charge in [0.15, 0.2) is 0 Å². The molecule has 0 spiro atoms. The quantitative estimate of drug-likeness (QED) is 0.816. The third-order valence-corrected chi connectivity index (χ3v) is 4.45. The van der Waals surface area contributed by atoms with E-state index in [1.807, 2.05) is 11.8 Å². The van der Waals surface area contributed by atoms with Gasteiger partial charge in [0.25, 0.3) is 0 Å². The Morgan fingerprint density at radius 3 is 2.44 bits per heavy atom. The van der Waals surface area contributed by atoms with Crippen LogP contribution in [0.5, 0.6) is 0 Å². The minimum absolute atomic E-state index is 0.0476. The first-order chi connectivity index (χ1) is 12.7. The monoisotopic (exact) mass is 386 g/mol. The molecule has 2 rings (SSSR count). The lowest BCUT2D eigenvalue weighted by Crippen LogP contribution is -2.53. The van der Waals surface area contributed by atoms with Crippen LogP contribution < -0.4 is 10.6 Å². The van der Waals surface area contributed by atoms with Crippen molar-refractivity contribution >= 4 is 11.9 Å². The van der Waals surface area contributed by atoms with Crippen LogP contribution in [-0.2, 0) is 11.0 Å². The number of carbonyl (C=O) groups is 2. The molecule has 9 heteroatoms. The van der Waals surface area contributed by atoms with Crippen molar-refractivity contribution in [3.05, 3.63) is 35.4 Å². The second-order valence-corrected chi connectivity index (χ2v) is 6.51. The summed E-state index contributed by atoms with van der Waals surface area (Å²) in [4.78, 5) is 27.6. The number of amides is 3. The Bertz CT molecular complexity index is 658. The first kappa shape index (κ1) is 21.0. The summed E-state index contributed by atoms with van der Waals surface area (Å²) in [7, 11) is 0. The molecule has 1 aromatic carbocycles. The van der Waals surface area contributed by atoms with Crippen molar-refractivity contribution < 1.29 is 22.8 Å². The SMILES string of the molecule is CCNC(=O)CN1CCN(C(=O)NC(C)c2cccc(C(F)(F)F)c2)CC1. The van der Waals surface area contributed by atoms with Gasteiger partial charge < -0.3 is 15.5 Å². The molecule has 27 heavy (non-hydrogen) atoms. The molecule has 1 fully saturated rings. The van der Waals surface area contributed by atoms with Gasteiger partial charge in [0.1, 0.15) is 0 Å². The summed E-state index contributed by atoms with van der Waals surface area (Å²) in [6.45, 7) is 6.44. The Morgan fingerprint density at radius 2 is 1.85 bits per heavy atom. The zero-order valence-electron chi connectivity index (χ0n) is 15.5. The summed E-state index contributed by atoms with van der Waals surface area (Å²) in [5, 5.41) is 5.47. The van der Waals surface area contributed by atoms with E-state index >= 15 is 0 Å². The topological polar surface area (TPSA) is 64.7 Å². The van der Waals surface area contributed by atoms with Crippen molar-refractivity contribution in [2.75, 3.05) is 39.3 Å². The summed E-state index contributed by atoms with van der Waals surface area (Å²) >= 11 is 0. The number of rotatable bonds is 5. The van der Waals surface area contributed by atoms with Crippen LogP contribution >= 0.6 is 0 Å². The van der Waals surface area contributed by atoms with Crippen LogP contribution in [0.3, 0.4) is 0 Å². The zero-order valence-corrected chi connectivity index (χ0v) is 15.5. The van der Waals surface area contributed by atoms with Gasteiger partial charge in [-0.05, 0) is 31.5 Å². The van der Waals surface area contributed by atoms with E-state index < -0.39 is 17.8 Å². The van der Waals surface area contributed by atoms with Gasteiger partial charge in [0, 0.05) is 32.7 Å². The number of hydrogen-bond donors (Lipinski definition) is 2. The van der Waals surface area contributed by atoms with Crippen molar-refractivity contribution in [3.8, 4) is 0 Å². The third kappa shape index (κ3) is 6.13. The average Bonchev–Trinajstić information content (AvgIpc) is 2.61. The van der Waals surface area contributed by atoms with Crippen molar-refractivity contribution in [2.24, 2.45) is 0 Å². The predicted octanol–water partition coefficient (Wildman–Crippen LogP) is 2.23. The molecule has 0 radical (unpaired) electrons. The number of piperazine rings is 1. The van der Waals surface area contributed by atoms with Crippen LogP contribution in [0.15, 0.2) is 24.3 Å². The van der Waals surface area contributed by atoms with Gasteiger partial charge in [-0.15, -0.1) is 0 Å². The molecule has 1 aromatic rings. The summed E-state index contributed by atoms with van der Waals surface area (Å²) in [5.41, 5.74) is -0.340. The van der Waals surface area contributed by atoms with Crippen LogP contribution in [0.25, 0.3) is 0 Å². The van der Waals surface area contributed by atoms with Gasteiger partial charge in [-0.25, -0.2) is 4.79 Å². The molecule has 150 valence electrons. The third-order valence-electron chi connectivity index (χ3n) is 4.45. The number of urea groups is 1. The largest absolute Gasteiger partial charge is 0.416 e. The molecule has 1 heterocycles. The number of likely N-dealkylation sites (N-methyl/N-ethyl adjacent to an activating group) is 1. The molecule has 1 atom stereocenters. The average molecular weight is 386 g/mol. The van der Waals surface area contributed by atoms with Crippen LogP contribution in [0.2, 0.25) is 0 Å². The molecule has 1 saturated heterocycles. The Hall–Kier alpha value is -2.29. The van der Waals surface area contributed by atoms with Crippen LogP contribution in [-0.4, -0.2) is 61.0 Å². The highest BCUT2D eigenvalue weighted by Gasteiger charge is 2.31. The highest BCUT2D eigenvalue weighted by molar-refractivity contribution is 5.78. The highest BCUT2D eigenvalue weighted by Crippen LogP contribution is 2.30. The first-order valence-electron chi connectivity index (χ1n) is 8.92. The fourth-order valence-electron chi connectivity index (χ4n) is 2.91. The van der Waals surface area contributed by atoms with E-state index in [9.17, 15) is 22.8 Å². The Labute approximate surface area is 156 Å². The van der Waals surface area contributed by atoms with Gasteiger partial charge in [0.05, 0.1) is 18.2 Å².